The highest BCUT2D eigenvalue weighted by molar-refractivity contribution is 7.99. The van der Waals surface area contributed by atoms with Gasteiger partial charge in [0.05, 0.1) is 0 Å². The van der Waals surface area contributed by atoms with Crippen LogP contribution < -0.4 is 5.32 Å². The fourth-order valence-corrected chi connectivity index (χ4v) is 4.36. The molecule has 0 bridgehead atoms. The Bertz CT molecular complexity index is 798. The number of rotatable bonds is 9. The molecule has 184 valence electrons. The van der Waals surface area contributed by atoms with E-state index in [0.717, 1.165) is 11.3 Å². The second-order valence-corrected chi connectivity index (χ2v) is 10.4. The van der Waals surface area contributed by atoms with Crippen LogP contribution >= 0.6 is 11.8 Å². The number of hydrogen-bond acceptors (Lipinski definition) is 7. The van der Waals surface area contributed by atoms with E-state index in [0.29, 0.717) is 18.8 Å². The highest BCUT2D eigenvalue weighted by Gasteiger charge is 2.38. The molecule has 1 aliphatic heterocycles. The Kier molecular flexibility index (Phi) is 10.4. The van der Waals surface area contributed by atoms with Gasteiger partial charge in [-0.3, -0.25) is 9.59 Å². The molecule has 8 nitrogen and oxygen atoms in total. The molecule has 1 unspecified atom stereocenters. The van der Waals surface area contributed by atoms with Gasteiger partial charge in [-0.05, 0) is 11.0 Å². The Hall–Kier alpha value is -1.91. The number of allylic oxidation sites excluding steroid dienone is 1. The van der Waals surface area contributed by atoms with Crippen LogP contribution in [0.4, 0.5) is 0 Å². The number of hydrogen-bond donors (Lipinski definition) is 4. The number of benzene rings is 1. The van der Waals surface area contributed by atoms with E-state index in [9.17, 15) is 24.9 Å². The van der Waals surface area contributed by atoms with Crippen LogP contribution in [0.1, 0.15) is 26.3 Å². The van der Waals surface area contributed by atoms with Crippen LogP contribution in [0.15, 0.2) is 42.5 Å². The summed E-state index contributed by atoms with van der Waals surface area (Å²) in [6.45, 7) is 6.77. The summed E-state index contributed by atoms with van der Waals surface area (Å²) in [7, 11) is 1.23. The Morgan fingerprint density at radius 3 is 2.52 bits per heavy atom. The average molecular weight is 481 g/mol. The quantitative estimate of drug-likeness (QED) is 0.389. The summed E-state index contributed by atoms with van der Waals surface area (Å²) in [4.78, 5) is 27.7. The summed E-state index contributed by atoms with van der Waals surface area (Å²) < 4.78 is 5.13. The lowest BCUT2D eigenvalue weighted by molar-refractivity contribution is -0.151. The number of aliphatic hydroxyl groups is 3. The first-order chi connectivity index (χ1) is 15.5. The zero-order valence-corrected chi connectivity index (χ0v) is 20.5. The van der Waals surface area contributed by atoms with Gasteiger partial charge in [0.2, 0.25) is 5.91 Å². The molecule has 9 heteroatoms. The minimum Gasteiger partial charge on any atom is -0.387 e. The van der Waals surface area contributed by atoms with Crippen LogP contribution in [0.2, 0.25) is 0 Å². The van der Waals surface area contributed by atoms with Gasteiger partial charge in [-0.25, -0.2) is 0 Å². The van der Waals surface area contributed by atoms with E-state index in [2.05, 4.69) is 5.32 Å². The molecular formula is C24H36N2O6S. The van der Waals surface area contributed by atoms with E-state index in [1.54, 1.807) is 22.7 Å². The second kappa shape index (κ2) is 12.5. The van der Waals surface area contributed by atoms with Gasteiger partial charge in [0, 0.05) is 31.7 Å². The summed E-state index contributed by atoms with van der Waals surface area (Å²) >= 11 is 1.55. The van der Waals surface area contributed by atoms with Gasteiger partial charge in [-0.1, -0.05) is 63.3 Å². The molecule has 1 aromatic carbocycles. The van der Waals surface area contributed by atoms with Crippen LogP contribution in [0, 0.1) is 5.41 Å². The zero-order valence-electron chi connectivity index (χ0n) is 19.7. The van der Waals surface area contributed by atoms with Crippen molar-refractivity contribution in [2.24, 2.45) is 5.41 Å². The Balaban J connectivity index is 2.05. The normalized spacial score (nSPS) is 21.4. The third-order valence-electron chi connectivity index (χ3n) is 5.25. The molecule has 33 heavy (non-hydrogen) atoms. The fraction of sp³-hybridized carbons (Fsp3) is 0.583. The maximum absolute atomic E-state index is 13.1. The van der Waals surface area contributed by atoms with Gasteiger partial charge < -0.3 is 30.3 Å². The van der Waals surface area contributed by atoms with Crippen LogP contribution in [0.25, 0.3) is 0 Å². The van der Waals surface area contributed by atoms with Gasteiger partial charge in [0.15, 0.2) is 6.10 Å². The standard InChI is InChI=1S/C24H36N2O6S/c1-24(2,3)11-10-18(27)19(28)20(29)21(32-4)22(30)25-17-15-33-13-12-26(23(17)31)14-16-8-6-5-7-9-16/h5-11,17-21,27-29H,12-15H2,1-4H3,(H,25,30)/b11-10+/t17?,18-,19+,20-,21-/m1/s1. The molecule has 2 rings (SSSR count). The van der Waals surface area contributed by atoms with E-state index < -0.39 is 36.4 Å². The molecule has 0 aromatic heterocycles. The van der Waals surface area contributed by atoms with Gasteiger partial charge in [-0.15, -0.1) is 0 Å². The third-order valence-corrected chi connectivity index (χ3v) is 6.29. The molecule has 1 heterocycles. The molecule has 0 radical (unpaired) electrons. The van der Waals surface area contributed by atoms with Crippen molar-refractivity contribution < 1.29 is 29.6 Å². The number of nitrogens with zero attached hydrogens (tertiary/aromatic N) is 1. The lowest BCUT2D eigenvalue weighted by Crippen LogP contribution is -2.56. The van der Waals surface area contributed by atoms with Crippen molar-refractivity contribution in [1.29, 1.82) is 0 Å². The van der Waals surface area contributed by atoms with Gasteiger partial charge in [0.1, 0.15) is 24.4 Å². The predicted molar refractivity (Wildman–Crippen MR) is 129 cm³/mol. The van der Waals surface area contributed by atoms with Crippen molar-refractivity contribution in [2.75, 3.05) is 25.2 Å². The number of carbonyl (C=O) groups excluding carboxylic acids is 2. The number of aliphatic hydroxyl groups excluding tert-OH is 3. The topological polar surface area (TPSA) is 119 Å². The summed E-state index contributed by atoms with van der Waals surface area (Å²) in [6.07, 6.45) is -3.09. The van der Waals surface area contributed by atoms with E-state index in [1.807, 2.05) is 51.1 Å². The highest BCUT2D eigenvalue weighted by Crippen LogP contribution is 2.18. The number of nitrogens with one attached hydrogen (secondary N) is 1. The minimum atomic E-state index is -1.69. The first-order valence-corrected chi connectivity index (χ1v) is 12.2. The van der Waals surface area contributed by atoms with Crippen molar-refractivity contribution in [2.45, 2.75) is 57.8 Å². The maximum Gasteiger partial charge on any atom is 0.252 e. The molecule has 4 N–H and O–H groups in total. The molecule has 1 aliphatic rings. The van der Waals surface area contributed by atoms with Gasteiger partial charge in [0.25, 0.3) is 5.91 Å². The predicted octanol–water partition coefficient (Wildman–Crippen LogP) is 0.947. The zero-order chi connectivity index (χ0) is 24.6. The Morgan fingerprint density at radius 1 is 1.24 bits per heavy atom. The monoisotopic (exact) mass is 480 g/mol. The molecule has 0 aliphatic carbocycles. The first kappa shape index (κ1) is 27.3. The highest BCUT2D eigenvalue weighted by atomic mass is 32.2. The van der Waals surface area contributed by atoms with Crippen LogP contribution in [-0.4, -0.2) is 87.7 Å². The molecule has 2 amide bonds. The lowest BCUT2D eigenvalue weighted by Gasteiger charge is -2.29. The Labute approximate surface area is 200 Å². The van der Waals surface area contributed by atoms with Crippen molar-refractivity contribution in [1.82, 2.24) is 10.2 Å². The largest absolute Gasteiger partial charge is 0.387 e. The second-order valence-electron chi connectivity index (χ2n) is 9.23. The third kappa shape index (κ3) is 8.42. The molecular weight excluding hydrogens is 444 g/mol. The van der Waals surface area contributed by atoms with E-state index in [-0.39, 0.29) is 11.3 Å². The van der Waals surface area contributed by atoms with Crippen molar-refractivity contribution in [3.63, 3.8) is 0 Å². The minimum absolute atomic E-state index is 0.213. The van der Waals surface area contributed by atoms with Crippen LogP contribution in [0.3, 0.4) is 0 Å². The first-order valence-electron chi connectivity index (χ1n) is 11.0. The SMILES string of the molecule is CO[C@@H](C(=O)NC1CSCCN(Cc2ccccc2)C1=O)[C@H](O)[C@@H](O)[C@H](O)/C=C/C(C)(C)C. The summed E-state index contributed by atoms with van der Waals surface area (Å²) in [5.41, 5.74) is 0.765. The molecule has 1 aromatic rings. The molecule has 1 fully saturated rings. The molecule has 1 saturated heterocycles. The number of thioether (sulfide) groups is 1. The van der Waals surface area contributed by atoms with Crippen molar-refractivity contribution in [3.05, 3.63) is 48.0 Å². The van der Waals surface area contributed by atoms with Gasteiger partial charge in [-0.2, -0.15) is 11.8 Å². The number of ether oxygens (including phenoxy) is 1. The maximum atomic E-state index is 13.1. The smallest absolute Gasteiger partial charge is 0.252 e. The Morgan fingerprint density at radius 2 is 1.91 bits per heavy atom. The van der Waals surface area contributed by atoms with Crippen molar-refractivity contribution >= 4 is 23.6 Å². The number of carbonyl (C=O) groups is 2. The van der Waals surface area contributed by atoms with Crippen LogP contribution in [-0.2, 0) is 20.9 Å². The van der Waals surface area contributed by atoms with Crippen LogP contribution in [0.5, 0.6) is 0 Å². The van der Waals surface area contributed by atoms with E-state index in [4.69, 9.17) is 4.74 Å². The molecule has 5 atom stereocenters. The number of methoxy groups -OCH3 is 1. The fourth-order valence-electron chi connectivity index (χ4n) is 3.38. The van der Waals surface area contributed by atoms with E-state index in [1.165, 1.54) is 13.2 Å². The van der Waals surface area contributed by atoms with Gasteiger partial charge >= 0.3 is 0 Å². The van der Waals surface area contributed by atoms with E-state index >= 15 is 0 Å². The molecule has 0 spiro atoms. The summed E-state index contributed by atoms with van der Waals surface area (Å²) in [5.74, 6) is 0.195. The lowest BCUT2D eigenvalue weighted by atomic mass is 9.94. The summed E-state index contributed by atoms with van der Waals surface area (Å²) in [5, 5.41) is 33.7. The molecule has 0 saturated carbocycles. The average Bonchev–Trinajstić information content (AvgIpc) is 2.93. The van der Waals surface area contributed by atoms with Crippen molar-refractivity contribution in [3.8, 4) is 0 Å². The summed E-state index contributed by atoms with van der Waals surface area (Å²) in [6, 6.07) is 8.82. The number of amides is 2.